The SMILES string of the molecule is CC(C)C(SCCO)C(C)(C)CC(C)(C)C(C)(C)CC(C)(C)C(C)(C)c1cc(C(C)(C)C)cc(C(C)(C)C(C)(C)CC(C)(C)C(C)(C)CC(C)(C)C(SCCO)C(C)C)c1. The summed E-state index contributed by atoms with van der Waals surface area (Å²) in [6.07, 6.45) is 4.52. The topological polar surface area (TPSA) is 40.5 Å². The first-order chi connectivity index (χ1) is 26.4. The van der Waals surface area contributed by atoms with Gasteiger partial charge in [-0.05, 0) is 114 Å². The van der Waals surface area contributed by atoms with Crippen molar-refractivity contribution in [3.63, 3.8) is 0 Å². The first-order valence-electron chi connectivity index (χ1n) is 24.0. The van der Waals surface area contributed by atoms with Crippen LogP contribution in [0.4, 0.5) is 0 Å². The Labute approximate surface area is 386 Å². The molecule has 0 spiro atoms. The number of rotatable bonds is 24. The molecule has 0 saturated heterocycles. The zero-order valence-corrected chi connectivity index (χ0v) is 47.0. The molecule has 0 saturated carbocycles. The molecular weight excluding hydrogens is 769 g/mol. The lowest BCUT2D eigenvalue weighted by atomic mass is 9.50. The van der Waals surface area contributed by atoms with E-state index in [-0.39, 0.29) is 72.8 Å². The van der Waals surface area contributed by atoms with E-state index in [1.165, 1.54) is 16.7 Å². The van der Waals surface area contributed by atoms with E-state index >= 15 is 0 Å². The maximum Gasteiger partial charge on any atom is 0.0521 e. The van der Waals surface area contributed by atoms with Crippen molar-refractivity contribution in [1.82, 2.24) is 0 Å². The molecule has 0 radical (unpaired) electrons. The van der Waals surface area contributed by atoms with Gasteiger partial charge in [-0.3, -0.25) is 0 Å². The molecule has 2 atom stereocenters. The monoisotopic (exact) mass is 875 g/mol. The molecule has 1 aromatic carbocycles. The van der Waals surface area contributed by atoms with Crippen LogP contribution in [0.5, 0.6) is 0 Å². The van der Waals surface area contributed by atoms with Crippen molar-refractivity contribution in [3.05, 3.63) is 34.9 Å². The van der Waals surface area contributed by atoms with E-state index < -0.39 is 0 Å². The zero-order valence-electron chi connectivity index (χ0n) is 45.4. The van der Waals surface area contributed by atoms with Gasteiger partial charge in [0.25, 0.3) is 0 Å². The van der Waals surface area contributed by atoms with E-state index in [0.717, 1.165) is 37.2 Å². The highest BCUT2D eigenvalue weighted by molar-refractivity contribution is 8.00. The van der Waals surface area contributed by atoms with Gasteiger partial charge >= 0.3 is 0 Å². The number of hydrogen-bond donors (Lipinski definition) is 2. The lowest BCUT2D eigenvalue weighted by Gasteiger charge is -2.55. The van der Waals surface area contributed by atoms with Gasteiger partial charge in [0.1, 0.15) is 0 Å². The van der Waals surface area contributed by atoms with Gasteiger partial charge < -0.3 is 10.2 Å². The smallest absolute Gasteiger partial charge is 0.0521 e. The molecular formula is C56H106O2S2. The van der Waals surface area contributed by atoms with Gasteiger partial charge in [-0.2, -0.15) is 23.5 Å². The lowest BCUT2D eigenvalue weighted by Crippen LogP contribution is -2.47. The van der Waals surface area contributed by atoms with Crippen LogP contribution in [-0.4, -0.2) is 45.4 Å². The van der Waals surface area contributed by atoms with Crippen molar-refractivity contribution >= 4 is 23.5 Å². The fraction of sp³-hybridized carbons (Fsp3) is 0.893. The Morgan fingerprint density at radius 3 is 0.867 bits per heavy atom. The first-order valence-corrected chi connectivity index (χ1v) is 26.1. The average molecular weight is 876 g/mol. The minimum Gasteiger partial charge on any atom is -0.396 e. The van der Waals surface area contributed by atoms with Crippen LogP contribution in [0.25, 0.3) is 0 Å². The van der Waals surface area contributed by atoms with E-state index in [1.54, 1.807) is 0 Å². The minimum atomic E-state index is -0.0859. The van der Waals surface area contributed by atoms with Crippen LogP contribution in [0.2, 0.25) is 0 Å². The van der Waals surface area contributed by atoms with Crippen molar-refractivity contribution in [1.29, 1.82) is 0 Å². The Balaban J connectivity index is 3.77. The molecule has 2 nitrogen and oxygen atoms in total. The molecule has 1 aromatic rings. The van der Waals surface area contributed by atoms with Crippen LogP contribution in [0.15, 0.2) is 18.2 Å². The van der Waals surface area contributed by atoms with Crippen LogP contribution < -0.4 is 0 Å². The van der Waals surface area contributed by atoms with Crippen molar-refractivity contribution in [2.45, 2.75) is 239 Å². The molecule has 0 aromatic heterocycles. The second-order valence-electron chi connectivity index (χ2n) is 27.8. The molecule has 354 valence electrons. The molecule has 60 heavy (non-hydrogen) atoms. The summed E-state index contributed by atoms with van der Waals surface area (Å²) in [5.74, 6) is 2.72. The fourth-order valence-corrected chi connectivity index (χ4v) is 14.2. The van der Waals surface area contributed by atoms with Gasteiger partial charge in [0, 0.05) is 22.0 Å². The Kier molecular flexibility index (Phi) is 19.0. The summed E-state index contributed by atoms with van der Waals surface area (Å²) >= 11 is 3.93. The third-order valence-electron chi connectivity index (χ3n) is 17.4. The van der Waals surface area contributed by atoms with Gasteiger partial charge in [-0.15, -0.1) is 0 Å². The number of aliphatic hydroxyl groups excluding tert-OH is 2. The highest BCUT2D eigenvalue weighted by Gasteiger charge is 2.52. The van der Waals surface area contributed by atoms with Crippen LogP contribution in [-0.2, 0) is 16.2 Å². The van der Waals surface area contributed by atoms with Crippen molar-refractivity contribution in [3.8, 4) is 0 Å². The molecule has 1 rings (SSSR count). The van der Waals surface area contributed by atoms with Crippen LogP contribution in [0.3, 0.4) is 0 Å². The van der Waals surface area contributed by atoms with E-state index in [4.69, 9.17) is 0 Å². The van der Waals surface area contributed by atoms with Gasteiger partial charge in [-0.1, -0.05) is 205 Å². The Bertz CT molecular complexity index is 1390. The molecule has 0 aliphatic rings. The quantitative estimate of drug-likeness (QED) is 0.109. The second kappa shape index (κ2) is 19.7. The average Bonchev–Trinajstić information content (AvgIpc) is 3.01. The second-order valence-corrected chi connectivity index (χ2v) is 30.3. The van der Waals surface area contributed by atoms with Crippen LogP contribution >= 0.6 is 23.5 Å². The third kappa shape index (κ3) is 13.5. The van der Waals surface area contributed by atoms with Gasteiger partial charge in [0.2, 0.25) is 0 Å². The third-order valence-corrected chi connectivity index (χ3v) is 21.3. The Morgan fingerprint density at radius 2 is 0.633 bits per heavy atom. The normalized spacial score (nSPS) is 16.2. The predicted octanol–water partition coefficient (Wildman–Crippen LogP) is 16.8. The van der Waals surface area contributed by atoms with Crippen molar-refractivity contribution in [2.24, 2.45) is 55.2 Å². The molecule has 0 fully saturated rings. The van der Waals surface area contributed by atoms with Crippen LogP contribution in [0.1, 0.15) is 229 Å². The largest absolute Gasteiger partial charge is 0.396 e. The molecule has 0 aliphatic carbocycles. The van der Waals surface area contributed by atoms with E-state index in [9.17, 15) is 10.2 Å². The first kappa shape index (κ1) is 57.9. The molecule has 2 N–H and O–H groups in total. The highest BCUT2D eigenvalue weighted by Crippen LogP contribution is 2.60. The van der Waals surface area contributed by atoms with E-state index in [0.29, 0.717) is 22.3 Å². The van der Waals surface area contributed by atoms with E-state index in [2.05, 4.69) is 205 Å². The summed E-state index contributed by atoms with van der Waals surface area (Å²) in [6.45, 7) is 67.5. The van der Waals surface area contributed by atoms with Crippen molar-refractivity contribution in [2.75, 3.05) is 24.7 Å². The molecule has 4 heteroatoms. The number of hydrogen-bond acceptors (Lipinski definition) is 4. The molecule has 0 heterocycles. The maximum absolute atomic E-state index is 9.71. The summed E-state index contributed by atoms with van der Waals surface area (Å²) in [5.41, 5.74) is 4.88. The Hall–Kier alpha value is -0.160. The molecule has 0 bridgehead atoms. The number of benzene rings is 1. The highest BCUT2D eigenvalue weighted by atomic mass is 32.2. The summed E-state index contributed by atoms with van der Waals surface area (Å²) in [5, 5.41) is 20.4. The Morgan fingerprint density at radius 1 is 0.383 bits per heavy atom. The predicted molar refractivity (Wildman–Crippen MR) is 276 cm³/mol. The van der Waals surface area contributed by atoms with Gasteiger partial charge in [0.15, 0.2) is 0 Å². The summed E-state index contributed by atoms with van der Waals surface area (Å²) < 4.78 is 0. The summed E-state index contributed by atoms with van der Waals surface area (Å²) in [4.78, 5) is 0. The standard InChI is InChI=1S/C56H106O2S2/c1-39(2)44(59-30-28-57)47(8,9)35-49(12,13)51(16,17)37-53(20,21)55(24,25)42-32-41(46(5,6)7)33-43(34-42)56(26,27)54(22,23)38-52(18,19)50(14,15)36-48(10,11)45(40(3)4)60-31-29-58/h32-34,39-40,44-45,57-58H,28-31,35-38H2,1-27H3. The lowest BCUT2D eigenvalue weighted by molar-refractivity contribution is -0.00832. The number of thioether (sulfide) groups is 2. The minimum absolute atomic E-state index is 0.0105. The summed E-state index contributed by atoms with van der Waals surface area (Å²) in [7, 11) is 0. The number of aliphatic hydroxyl groups is 2. The van der Waals surface area contributed by atoms with Gasteiger partial charge in [0.05, 0.1) is 13.2 Å². The van der Waals surface area contributed by atoms with Crippen LogP contribution in [0, 0.1) is 55.2 Å². The molecule has 2 unspecified atom stereocenters. The fourth-order valence-electron chi connectivity index (χ4n) is 11.7. The maximum atomic E-state index is 9.71. The summed E-state index contributed by atoms with van der Waals surface area (Å²) in [6, 6.07) is 7.75. The zero-order chi connectivity index (χ0) is 47.7. The van der Waals surface area contributed by atoms with Crippen molar-refractivity contribution < 1.29 is 10.2 Å². The van der Waals surface area contributed by atoms with Gasteiger partial charge in [-0.25, -0.2) is 0 Å². The van der Waals surface area contributed by atoms with E-state index in [1.807, 2.05) is 23.5 Å². The molecule has 0 amide bonds. The molecule has 0 aliphatic heterocycles.